The Hall–Kier alpha value is -1.23. The molecule has 1 aliphatic carbocycles. The van der Waals surface area contributed by atoms with E-state index >= 15 is 0 Å². The van der Waals surface area contributed by atoms with Crippen molar-refractivity contribution in [3.05, 3.63) is 70.2 Å². The summed E-state index contributed by atoms with van der Waals surface area (Å²) in [4.78, 5) is 1.31. The van der Waals surface area contributed by atoms with E-state index in [0.717, 1.165) is 17.4 Å². The number of hydrogen-bond acceptors (Lipinski definition) is 3. The molecule has 0 saturated carbocycles. The minimum absolute atomic E-state index is 0.372. The van der Waals surface area contributed by atoms with Crippen molar-refractivity contribution >= 4 is 33.6 Å². The first-order chi connectivity index (χ1) is 12.8. The maximum Gasteiger partial charge on any atom is 0.0553 e. The molecule has 4 heteroatoms. The van der Waals surface area contributed by atoms with Crippen molar-refractivity contribution in [2.75, 3.05) is 11.9 Å². The molecule has 2 N–H and O–H groups in total. The van der Waals surface area contributed by atoms with Crippen molar-refractivity contribution in [3.63, 3.8) is 0 Å². The van der Waals surface area contributed by atoms with Crippen molar-refractivity contribution in [1.29, 1.82) is 0 Å². The smallest absolute Gasteiger partial charge is 0.0553 e. The zero-order valence-electron chi connectivity index (χ0n) is 15.0. The molecular weight excluding hydrogens is 404 g/mol. The van der Waals surface area contributed by atoms with Crippen LogP contribution in [-0.4, -0.2) is 6.54 Å². The molecule has 2 aromatic carbocycles. The Morgan fingerprint density at radius 3 is 2.85 bits per heavy atom. The molecule has 136 valence electrons. The second-order valence-corrected chi connectivity index (χ2v) is 9.01. The summed E-state index contributed by atoms with van der Waals surface area (Å²) in [6.45, 7) is 3.29. The highest BCUT2D eigenvalue weighted by Crippen LogP contribution is 2.50. The number of hydrogen-bond donors (Lipinski definition) is 2. The van der Waals surface area contributed by atoms with Gasteiger partial charge >= 0.3 is 0 Å². The number of rotatable bonds is 6. The van der Waals surface area contributed by atoms with Gasteiger partial charge in [-0.05, 0) is 72.2 Å². The van der Waals surface area contributed by atoms with E-state index in [1.54, 1.807) is 11.9 Å². The maximum atomic E-state index is 3.82. The van der Waals surface area contributed by atoms with E-state index in [1.165, 1.54) is 34.6 Å². The van der Waals surface area contributed by atoms with Crippen LogP contribution in [0.5, 0.6) is 0 Å². The first kappa shape index (κ1) is 18.1. The van der Waals surface area contributed by atoms with Crippen LogP contribution in [0.3, 0.4) is 0 Å². The number of unbranched alkanes of at least 4 members (excludes halogenated alkanes) is 1. The van der Waals surface area contributed by atoms with Crippen molar-refractivity contribution in [2.24, 2.45) is 5.92 Å². The van der Waals surface area contributed by atoms with Gasteiger partial charge in [-0.2, -0.15) is 0 Å². The Balaban J connectivity index is 1.57. The van der Waals surface area contributed by atoms with Gasteiger partial charge < -0.3 is 5.32 Å². The van der Waals surface area contributed by atoms with Crippen LogP contribution >= 0.6 is 27.9 Å². The summed E-state index contributed by atoms with van der Waals surface area (Å²) in [5, 5.41) is 3.82. The fraction of sp³-hybridized carbons (Fsp3) is 0.364. The number of allylic oxidation sites excluding steroid dienone is 2. The average Bonchev–Trinajstić information content (AvgIpc) is 3.15. The lowest BCUT2D eigenvalue weighted by Crippen LogP contribution is -2.29. The summed E-state index contributed by atoms with van der Waals surface area (Å²) in [5.41, 5.74) is 4.10. The van der Waals surface area contributed by atoms with E-state index in [-0.39, 0.29) is 0 Å². The number of benzene rings is 2. The van der Waals surface area contributed by atoms with Crippen molar-refractivity contribution in [2.45, 2.75) is 43.0 Å². The van der Waals surface area contributed by atoms with E-state index in [1.807, 2.05) is 0 Å². The Bertz CT molecular complexity index is 787. The van der Waals surface area contributed by atoms with Crippen molar-refractivity contribution in [3.8, 4) is 0 Å². The van der Waals surface area contributed by atoms with Crippen LogP contribution in [-0.2, 0) is 0 Å². The molecule has 2 nitrogen and oxygen atoms in total. The van der Waals surface area contributed by atoms with Crippen LogP contribution < -0.4 is 10.0 Å². The molecule has 3 atom stereocenters. The molecule has 0 spiro atoms. The zero-order chi connectivity index (χ0) is 17.9. The quantitative estimate of drug-likeness (QED) is 0.305. The van der Waals surface area contributed by atoms with Gasteiger partial charge in [0.05, 0.1) is 6.04 Å². The monoisotopic (exact) mass is 428 g/mol. The number of nitrogens with one attached hydrogen (secondary N) is 2. The van der Waals surface area contributed by atoms with E-state index in [9.17, 15) is 0 Å². The van der Waals surface area contributed by atoms with Gasteiger partial charge in [0.15, 0.2) is 0 Å². The second kappa shape index (κ2) is 8.20. The van der Waals surface area contributed by atoms with Crippen LogP contribution in [0, 0.1) is 5.92 Å². The van der Waals surface area contributed by atoms with E-state index in [4.69, 9.17) is 0 Å². The highest BCUT2D eigenvalue weighted by molar-refractivity contribution is 9.10. The predicted octanol–water partition coefficient (Wildman–Crippen LogP) is 6.67. The van der Waals surface area contributed by atoms with Crippen LogP contribution in [0.15, 0.2) is 64.0 Å². The van der Waals surface area contributed by atoms with Gasteiger partial charge in [0.1, 0.15) is 0 Å². The third-order valence-corrected chi connectivity index (χ3v) is 6.75. The molecule has 4 rings (SSSR count). The highest BCUT2D eigenvalue weighted by Gasteiger charge is 2.37. The van der Waals surface area contributed by atoms with Gasteiger partial charge in [-0.25, -0.2) is 0 Å². The number of halogens is 1. The largest absolute Gasteiger partial charge is 0.378 e. The minimum atomic E-state index is 0.372. The molecule has 0 aromatic heterocycles. The van der Waals surface area contributed by atoms with E-state index < -0.39 is 0 Å². The summed E-state index contributed by atoms with van der Waals surface area (Å²) in [6, 6.07) is 16.0. The first-order valence-corrected chi connectivity index (χ1v) is 11.1. The van der Waals surface area contributed by atoms with Crippen molar-refractivity contribution in [1.82, 2.24) is 4.72 Å². The summed E-state index contributed by atoms with van der Waals surface area (Å²) < 4.78 is 4.62. The lowest BCUT2D eigenvalue weighted by Gasteiger charge is -2.37. The Morgan fingerprint density at radius 2 is 2.04 bits per heavy atom. The first-order valence-electron chi connectivity index (χ1n) is 9.48. The zero-order valence-corrected chi connectivity index (χ0v) is 17.4. The lowest BCUT2D eigenvalue weighted by molar-refractivity contribution is 0.425. The van der Waals surface area contributed by atoms with E-state index in [2.05, 4.69) is 87.5 Å². The highest BCUT2D eigenvalue weighted by atomic mass is 79.9. The third kappa shape index (κ3) is 3.73. The Morgan fingerprint density at radius 1 is 1.19 bits per heavy atom. The van der Waals surface area contributed by atoms with Gasteiger partial charge in [0, 0.05) is 27.5 Å². The average molecular weight is 429 g/mol. The molecule has 2 aromatic rings. The molecule has 2 aliphatic rings. The SMILES string of the molecule is CCCCNSc1ccc2c(c1)C1C=CCC1C(c1ccc(Br)cc1)N2. The Labute approximate surface area is 169 Å². The van der Waals surface area contributed by atoms with Crippen LogP contribution in [0.25, 0.3) is 0 Å². The maximum absolute atomic E-state index is 3.82. The van der Waals surface area contributed by atoms with Gasteiger partial charge in [-0.15, -0.1) is 0 Å². The molecule has 1 heterocycles. The van der Waals surface area contributed by atoms with Gasteiger partial charge in [-0.3, -0.25) is 4.72 Å². The third-order valence-electron chi connectivity index (χ3n) is 5.39. The molecule has 0 fully saturated rings. The number of fused-ring (bicyclic) bond motifs is 3. The molecule has 0 saturated heterocycles. The van der Waals surface area contributed by atoms with Crippen LogP contribution in [0.2, 0.25) is 0 Å². The fourth-order valence-corrected chi connectivity index (χ4v) is 5.02. The summed E-state index contributed by atoms with van der Waals surface area (Å²) >= 11 is 5.31. The fourth-order valence-electron chi connectivity index (χ4n) is 4.02. The normalized spacial score (nSPS) is 23.4. The molecule has 0 amide bonds. The van der Waals surface area contributed by atoms with Crippen LogP contribution in [0.1, 0.15) is 49.3 Å². The second-order valence-electron chi connectivity index (χ2n) is 7.13. The number of anilines is 1. The Kier molecular flexibility index (Phi) is 5.72. The van der Waals surface area contributed by atoms with Gasteiger partial charge in [0.2, 0.25) is 0 Å². The van der Waals surface area contributed by atoms with Crippen LogP contribution in [0.4, 0.5) is 5.69 Å². The van der Waals surface area contributed by atoms with Crippen molar-refractivity contribution < 1.29 is 0 Å². The van der Waals surface area contributed by atoms with Gasteiger partial charge in [-0.1, -0.05) is 53.6 Å². The standard InChI is InChI=1S/C22H25BrN2S/c1-2-3-13-24-26-17-11-12-21-20(14-17)18-5-4-6-19(18)22(25-21)15-7-9-16(23)10-8-15/h4-5,7-12,14,18-19,22,24-25H,2-3,6,13H2,1H3. The summed E-state index contributed by atoms with van der Waals surface area (Å²) in [5.74, 6) is 1.10. The minimum Gasteiger partial charge on any atom is -0.378 e. The summed E-state index contributed by atoms with van der Waals surface area (Å²) in [6.07, 6.45) is 8.37. The summed E-state index contributed by atoms with van der Waals surface area (Å²) in [7, 11) is 0. The predicted molar refractivity (Wildman–Crippen MR) is 116 cm³/mol. The molecule has 26 heavy (non-hydrogen) atoms. The topological polar surface area (TPSA) is 24.1 Å². The molecule has 3 unspecified atom stereocenters. The van der Waals surface area contributed by atoms with E-state index in [0.29, 0.717) is 17.9 Å². The molecular formula is C22H25BrN2S. The molecule has 0 radical (unpaired) electrons. The molecule has 1 aliphatic heterocycles. The molecule has 0 bridgehead atoms. The van der Waals surface area contributed by atoms with Gasteiger partial charge in [0.25, 0.3) is 0 Å². The lowest BCUT2D eigenvalue weighted by atomic mass is 9.77.